The van der Waals surface area contributed by atoms with E-state index in [2.05, 4.69) is 33.0 Å². The van der Waals surface area contributed by atoms with Gasteiger partial charge in [-0.25, -0.2) is 0 Å². The minimum atomic E-state index is 0.0547. The molecule has 1 amide bonds. The Kier molecular flexibility index (Phi) is 4.58. The number of hydrogen-bond donors (Lipinski definition) is 1. The van der Waals surface area contributed by atoms with Gasteiger partial charge in [0, 0.05) is 6.54 Å². The van der Waals surface area contributed by atoms with Gasteiger partial charge in [0.1, 0.15) is 0 Å². The third-order valence-corrected chi connectivity index (χ3v) is 3.52. The number of carbonyl (C=O) groups is 1. The van der Waals surface area contributed by atoms with Crippen molar-refractivity contribution < 1.29 is 4.79 Å². The molecule has 1 saturated heterocycles. The van der Waals surface area contributed by atoms with Crippen LogP contribution in [0.25, 0.3) is 0 Å². The Labute approximate surface area is 93.2 Å². The number of carbonyl (C=O) groups excluding carboxylic acids is 1. The van der Waals surface area contributed by atoms with Crippen molar-refractivity contribution in [3.05, 3.63) is 0 Å². The predicted octanol–water partition coefficient (Wildman–Crippen LogP) is 1.84. The fourth-order valence-corrected chi connectivity index (χ4v) is 1.91. The van der Waals surface area contributed by atoms with E-state index in [0.29, 0.717) is 17.7 Å². The molecule has 88 valence electrons. The van der Waals surface area contributed by atoms with E-state index in [1.54, 1.807) is 0 Å². The second-order valence-corrected chi connectivity index (χ2v) is 4.80. The Hall–Kier alpha value is -0.570. The van der Waals surface area contributed by atoms with Crippen molar-refractivity contribution in [2.75, 3.05) is 13.2 Å². The van der Waals surface area contributed by atoms with E-state index in [4.69, 9.17) is 0 Å². The van der Waals surface area contributed by atoms with E-state index in [1.165, 1.54) is 0 Å². The molecule has 0 saturated carbocycles. The lowest BCUT2D eigenvalue weighted by molar-refractivity contribution is -0.130. The molecule has 0 spiro atoms. The van der Waals surface area contributed by atoms with Crippen LogP contribution in [-0.4, -0.2) is 30.1 Å². The fourth-order valence-electron chi connectivity index (χ4n) is 1.91. The van der Waals surface area contributed by atoms with Crippen molar-refractivity contribution in [2.45, 2.75) is 46.6 Å². The summed E-state index contributed by atoms with van der Waals surface area (Å²) in [6.45, 7) is 10.3. The zero-order valence-corrected chi connectivity index (χ0v) is 10.4. The molecule has 0 aromatic carbocycles. The number of rotatable bonds is 5. The van der Waals surface area contributed by atoms with Crippen molar-refractivity contribution in [1.82, 2.24) is 10.2 Å². The first-order valence-corrected chi connectivity index (χ1v) is 6.12. The second-order valence-electron chi connectivity index (χ2n) is 4.80. The lowest BCUT2D eigenvalue weighted by Crippen LogP contribution is -2.36. The minimum absolute atomic E-state index is 0.0547. The third-order valence-electron chi connectivity index (χ3n) is 3.52. The molecule has 1 rings (SSSR count). The Morgan fingerprint density at radius 1 is 1.40 bits per heavy atom. The number of nitrogens with zero attached hydrogens (tertiary/aromatic N) is 1. The molecule has 3 unspecified atom stereocenters. The number of hydrogen-bond acceptors (Lipinski definition) is 2. The van der Waals surface area contributed by atoms with Crippen LogP contribution in [0, 0.1) is 11.8 Å². The van der Waals surface area contributed by atoms with Gasteiger partial charge in [-0.1, -0.05) is 40.5 Å². The van der Waals surface area contributed by atoms with Crippen LogP contribution < -0.4 is 5.32 Å². The highest BCUT2D eigenvalue weighted by Gasteiger charge is 2.34. The van der Waals surface area contributed by atoms with Crippen molar-refractivity contribution in [3.8, 4) is 0 Å². The van der Waals surface area contributed by atoms with Gasteiger partial charge in [-0.3, -0.25) is 10.1 Å². The molecular weight excluding hydrogens is 188 g/mol. The van der Waals surface area contributed by atoms with Gasteiger partial charge in [0.25, 0.3) is 0 Å². The molecule has 0 bridgehead atoms. The first kappa shape index (κ1) is 12.5. The second kappa shape index (κ2) is 5.50. The van der Waals surface area contributed by atoms with Crippen molar-refractivity contribution in [3.63, 3.8) is 0 Å². The van der Waals surface area contributed by atoms with E-state index in [0.717, 1.165) is 26.1 Å². The molecule has 0 radical (unpaired) electrons. The summed E-state index contributed by atoms with van der Waals surface area (Å²) in [4.78, 5) is 14.0. The van der Waals surface area contributed by atoms with Crippen LogP contribution in [0.1, 0.15) is 40.5 Å². The van der Waals surface area contributed by atoms with E-state index in [1.807, 2.05) is 4.90 Å². The third kappa shape index (κ3) is 2.94. The molecular formula is C12H24N2O. The van der Waals surface area contributed by atoms with E-state index < -0.39 is 0 Å². The van der Waals surface area contributed by atoms with Gasteiger partial charge in [0.05, 0.1) is 12.7 Å². The molecule has 1 heterocycles. The zero-order valence-electron chi connectivity index (χ0n) is 10.4. The Morgan fingerprint density at radius 2 is 2.07 bits per heavy atom. The van der Waals surface area contributed by atoms with Crippen LogP contribution in [0.15, 0.2) is 0 Å². The molecule has 0 aromatic heterocycles. The summed E-state index contributed by atoms with van der Waals surface area (Å²) in [5.74, 6) is 1.34. The maximum Gasteiger partial charge on any atom is 0.241 e. The topological polar surface area (TPSA) is 32.3 Å². The number of amides is 1. The molecule has 15 heavy (non-hydrogen) atoms. The van der Waals surface area contributed by atoms with Crippen molar-refractivity contribution in [1.29, 1.82) is 0 Å². The highest BCUT2D eigenvalue weighted by atomic mass is 16.2. The molecule has 0 aromatic rings. The van der Waals surface area contributed by atoms with Gasteiger partial charge >= 0.3 is 0 Å². The summed E-state index contributed by atoms with van der Waals surface area (Å²) in [6.07, 6.45) is 2.19. The summed E-state index contributed by atoms with van der Waals surface area (Å²) in [5, 5.41) is 3.31. The standard InChI is InChI=1S/C12H24N2O/c1-5-9(3)7-14-8-13-11(12(14)15)10(4)6-2/h9-11,13H,5-8H2,1-4H3. The molecule has 1 fully saturated rings. The van der Waals surface area contributed by atoms with Gasteiger partial charge in [0.15, 0.2) is 0 Å². The first-order valence-electron chi connectivity index (χ1n) is 6.12. The summed E-state index contributed by atoms with van der Waals surface area (Å²) in [7, 11) is 0. The summed E-state index contributed by atoms with van der Waals surface area (Å²) >= 11 is 0. The predicted molar refractivity (Wildman–Crippen MR) is 62.4 cm³/mol. The van der Waals surface area contributed by atoms with Crippen molar-refractivity contribution in [2.24, 2.45) is 11.8 Å². The summed E-state index contributed by atoms with van der Waals surface area (Å²) < 4.78 is 0. The van der Waals surface area contributed by atoms with Gasteiger partial charge < -0.3 is 4.90 Å². The Bertz CT molecular complexity index is 218. The Morgan fingerprint density at radius 3 is 2.60 bits per heavy atom. The van der Waals surface area contributed by atoms with Gasteiger partial charge in [-0.05, 0) is 11.8 Å². The molecule has 3 nitrogen and oxygen atoms in total. The van der Waals surface area contributed by atoms with E-state index >= 15 is 0 Å². The first-order chi connectivity index (χ1) is 7.10. The van der Waals surface area contributed by atoms with Crippen LogP contribution in [0.5, 0.6) is 0 Å². The van der Waals surface area contributed by atoms with Crippen LogP contribution in [0.4, 0.5) is 0 Å². The van der Waals surface area contributed by atoms with Crippen molar-refractivity contribution >= 4 is 5.91 Å². The molecule has 1 aliphatic rings. The van der Waals surface area contributed by atoms with Crippen LogP contribution in [0.3, 0.4) is 0 Å². The minimum Gasteiger partial charge on any atom is -0.328 e. The largest absolute Gasteiger partial charge is 0.328 e. The Balaban J connectivity index is 2.49. The summed E-state index contributed by atoms with van der Waals surface area (Å²) in [5.41, 5.74) is 0. The fraction of sp³-hybridized carbons (Fsp3) is 0.917. The highest BCUT2D eigenvalue weighted by Crippen LogP contribution is 2.16. The molecule has 3 heteroatoms. The smallest absolute Gasteiger partial charge is 0.241 e. The summed E-state index contributed by atoms with van der Waals surface area (Å²) in [6, 6.07) is 0.0547. The monoisotopic (exact) mass is 212 g/mol. The lowest BCUT2D eigenvalue weighted by Gasteiger charge is -2.20. The lowest BCUT2D eigenvalue weighted by atomic mass is 9.99. The molecule has 1 N–H and O–H groups in total. The van der Waals surface area contributed by atoms with E-state index in [9.17, 15) is 4.79 Å². The van der Waals surface area contributed by atoms with Gasteiger partial charge in [-0.15, -0.1) is 0 Å². The van der Waals surface area contributed by atoms with Crippen LogP contribution in [0.2, 0.25) is 0 Å². The van der Waals surface area contributed by atoms with Gasteiger partial charge in [0.2, 0.25) is 5.91 Å². The quantitative estimate of drug-likeness (QED) is 0.754. The molecule has 1 aliphatic heterocycles. The average Bonchev–Trinajstić information content (AvgIpc) is 2.59. The van der Waals surface area contributed by atoms with Crippen LogP contribution in [-0.2, 0) is 4.79 Å². The highest BCUT2D eigenvalue weighted by molar-refractivity contribution is 5.84. The van der Waals surface area contributed by atoms with Crippen LogP contribution >= 0.6 is 0 Å². The maximum atomic E-state index is 12.0. The van der Waals surface area contributed by atoms with Gasteiger partial charge in [-0.2, -0.15) is 0 Å². The normalized spacial score (nSPS) is 25.7. The van der Waals surface area contributed by atoms with E-state index in [-0.39, 0.29) is 6.04 Å². The maximum absolute atomic E-state index is 12.0. The molecule has 3 atom stereocenters. The SMILES string of the molecule is CCC(C)CN1CNC(C(C)CC)C1=O. The number of nitrogens with one attached hydrogen (secondary N) is 1. The molecule has 0 aliphatic carbocycles. The average molecular weight is 212 g/mol. The zero-order chi connectivity index (χ0) is 11.4.